The Bertz CT molecular complexity index is 574. The number of nitrogens with two attached hydrogens (primary N) is 1. The molecule has 0 amide bonds. The first-order valence-electron chi connectivity index (χ1n) is 6.42. The summed E-state index contributed by atoms with van der Waals surface area (Å²) in [6.45, 7) is 7.46. The third-order valence-corrected chi connectivity index (χ3v) is 3.46. The summed E-state index contributed by atoms with van der Waals surface area (Å²) in [5.74, 6) is 0. The molecule has 2 nitrogen and oxygen atoms in total. The van der Waals surface area contributed by atoms with Crippen molar-refractivity contribution in [2.24, 2.45) is 5.73 Å². The maximum absolute atomic E-state index is 5.70. The van der Waals surface area contributed by atoms with E-state index < -0.39 is 0 Å². The highest BCUT2D eigenvalue weighted by Crippen LogP contribution is 2.22. The lowest BCUT2D eigenvalue weighted by atomic mass is 9.87. The van der Waals surface area contributed by atoms with Crippen LogP contribution in [0.2, 0.25) is 0 Å². The van der Waals surface area contributed by atoms with E-state index in [-0.39, 0.29) is 5.41 Å². The molecule has 0 atom stereocenters. The fourth-order valence-corrected chi connectivity index (χ4v) is 2.27. The Morgan fingerprint density at radius 2 is 1.79 bits per heavy atom. The van der Waals surface area contributed by atoms with Gasteiger partial charge in [0.2, 0.25) is 0 Å². The lowest BCUT2D eigenvalue weighted by molar-refractivity contribution is 0.589. The van der Waals surface area contributed by atoms with Crippen LogP contribution in [0.3, 0.4) is 0 Å². The van der Waals surface area contributed by atoms with Crippen molar-refractivity contribution in [2.45, 2.75) is 32.7 Å². The van der Waals surface area contributed by atoms with Crippen molar-refractivity contribution in [1.82, 2.24) is 4.57 Å². The first-order chi connectivity index (χ1) is 8.88. The van der Waals surface area contributed by atoms with Crippen molar-refractivity contribution in [3.63, 3.8) is 0 Å². The van der Waals surface area contributed by atoms with Gasteiger partial charge in [-0.25, -0.2) is 0 Å². The van der Waals surface area contributed by atoms with Gasteiger partial charge in [0, 0.05) is 12.7 Å². The molecule has 0 spiro atoms. The summed E-state index contributed by atoms with van der Waals surface area (Å²) in [4.78, 5) is 0.441. The second-order valence-electron chi connectivity index (χ2n) is 5.83. The van der Waals surface area contributed by atoms with Crippen LogP contribution >= 0.6 is 12.2 Å². The highest BCUT2D eigenvalue weighted by Gasteiger charge is 2.13. The number of thiocarbonyl (C=S) groups is 1. The molecule has 0 fully saturated rings. The van der Waals surface area contributed by atoms with E-state index in [1.54, 1.807) is 0 Å². The van der Waals surface area contributed by atoms with E-state index >= 15 is 0 Å². The van der Waals surface area contributed by atoms with Gasteiger partial charge in [0.25, 0.3) is 0 Å². The van der Waals surface area contributed by atoms with E-state index in [1.807, 2.05) is 18.3 Å². The van der Waals surface area contributed by atoms with Crippen LogP contribution in [0.4, 0.5) is 0 Å². The Balaban J connectivity index is 2.20. The number of rotatable bonds is 3. The van der Waals surface area contributed by atoms with Crippen molar-refractivity contribution < 1.29 is 0 Å². The van der Waals surface area contributed by atoms with Crippen LogP contribution < -0.4 is 5.73 Å². The summed E-state index contributed by atoms with van der Waals surface area (Å²) < 4.78 is 2.08. The Labute approximate surface area is 120 Å². The predicted octanol–water partition coefficient (Wildman–Crippen LogP) is 3.47. The van der Waals surface area contributed by atoms with E-state index in [2.05, 4.69) is 49.6 Å². The molecular formula is C16H20N2S. The molecule has 0 bridgehead atoms. The topological polar surface area (TPSA) is 30.9 Å². The van der Waals surface area contributed by atoms with Gasteiger partial charge in [0.15, 0.2) is 0 Å². The minimum atomic E-state index is 0.190. The third-order valence-electron chi connectivity index (χ3n) is 3.25. The summed E-state index contributed by atoms with van der Waals surface area (Å²) in [6.07, 6.45) is 2.01. The quantitative estimate of drug-likeness (QED) is 0.867. The lowest BCUT2D eigenvalue weighted by Crippen LogP contribution is -2.16. The van der Waals surface area contributed by atoms with Crippen LogP contribution in [0.1, 0.15) is 37.6 Å². The van der Waals surface area contributed by atoms with Crippen LogP contribution in [-0.2, 0) is 12.0 Å². The number of hydrogen-bond donors (Lipinski definition) is 1. The Kier molecular flexibility index (Phi) is 3.76. The molecule has 0 aliphatic heterocycles. The minimum absolute atomic E-state index is 0.190. The molecule has 2 rings (SSSR count). The normalized spacial score (nSPS) is 11.5. The van der Waals surface area contributed by atoms with Crippen LogP contribution in [0.25, 0.3) is 0 Å². The second-order valence-corrected chi connectivity index (χ2v) is 6.27. The van der Waals surface area contributed by atoms with E-state index in [0.29, 0.717) is 4.99 Å². The van der Waals surface area contributed by atoms with Gasteiger partial charge >= 0.3 is 0 Å². The number of aromatic nitrogens is 1. The fraction of sp³-hybridized carbons (Fsp3) is 0.312. The van der Waals surface area contributed by atoms with Gasteiger partial charge in [-0.05, 0) is 28.7 Å². The molecule has 1 aromatic carbocycles. The molecule has 1 heterocycles. The predicted molar refractivity (Wildman–Crippen MR) is 84.6 cm³/mol. The largest absolute Gasteiger partial charge is 0.388 e. The number of hydrogen-bond acceptors (Lipinski definition) is 1. The van der Waals surface area contributed by atoms with Gasteiger partial charge in [-0.2, -0.15) is 0 Å². The standard InChI is InChI=1S/C16H20N2S/c1-16(2,3)13-8-6-12(7-9-13)11-18-10-4-5-14(18)15(17)19/h4-10H,11H2,1-3H3,(H2,17,19). The second kappa shape index (κ2) is 5.17. The van der Waals surface area contributed by atoms with Crippen LogP contribution in [0, 0.1) is 0 Å². The van der Waals surface area contributed by atoms with Gasteiger partial charge in [-0.15, -0.1) is 0 Å². The molecule has 0 aliphatic carbocycles. The number of nitrogens with zero attached hydrogens (tertiary/aromatic N) is 1. The molecule has 0 radical (unpaired) electrons. The van der Waals surface area contributed by atoms with E-state index in [9.17, 15) is 0 Å². The average molecular weight is 272 g/mol. The highest BCUT2D eigenvalue weighted by atomic mass is 32.1. The van der Waals surface area contributed by atoms with Crippen molar-refractivity contribution >= 4 is 17.2 Å². The molecule has 0 saturated carbocycles. The summed E-state index contributed by atoms with van der Waals surface area (Å²) in [6, 6.07) is 12.6. The van der Waals surface area contributed by atoms with Crippen LogP contribution in [0.5, 0.6) is 0 Å². The highest BCUT2D eigenvalue weighted by molar-refractivity contribution is 7.80. The summed E-state index contributed by atoms with van der Waals surface area (Å²) in [5.41, 5.74) is 9.40. The van der Waals surface area contributed by atoms with Gasteiger partial charge in [-0.3, -0.25) is 0 Å². The monoisotopic (exact) mass is 272 g/mol. The van der Waals surface area contributed by atoms with E-state index in [0.717, 1.165) is 12.2 Å². The zero-order valence-corrected chi connectivity index (χ0v) is 12.5. The van der Waals surface area contributed by atoms with Crippen molar-refractivity contribution in [2.75, 3.05) is 0 Å². The van der Waals surface area contributed by atoms with Crippen LogP contribution in [0.15, 0.2) is 42.6 Å². The Hall–Kier alpha value is -1.61. The zero-order valence-electron chi connectivity index (χ0n) is 11.7. The molecule has 2 N–H and O–H groups in total. The van der Waals surface area contributed by atoms with Crippen molar-refractivity contribution in [3.8, 4) is 0 Å². The minimum Gasteiger partial charge on any atom is -0.388 e. The maximum Gasteiger partial charge on any atom is 0.120 e. The van der Waals surface area contributed by atoms with Crippen molar-refractivity contribution in [1.29, 1.82) is 0 Å². The molecule has 100 valence electrons. The molecule has 19 heavy (non-hydrogen) atoms. The zero-order chi connectivity index (χ0) is 14.0. The lowest BCUT2D eigenvalue weighted by Gasteiger charge is -2.19. The van der Waals surface area contributed by atoms with Gasteiger partial charge < -0.3 is 10.3 Å². The van der Waals surface area contributed by atoms with Gasteiger partial charge in [-0.1, -0.05) is 57.3 Å². The molecule has 0 aliphatic rings. The summed E-state index contributed by atoms with van der Waals surface area (Å²) in [7, 11) is 0. The summed E-state index contributed by atoms with van der Waals surface area (Å²) >= 11 is 5.05. The smallest absolute Gasteiger partial charge is 0.120 e. The summed E-state index contributed by atoms with van der Waals surface area (Å²) in [5, 5.41) is 0. The molecule has 0 saturated heterocycles. The maximum atomic E-state index is 5.70. The average Bonchev–Trinajstić information content (AvgIpc) is 2.77. The Morgan fingerprint density at radius 3 is 2.32 bits per heavy atom. The van der Waals surface area contributed by atoms with Crippen LogP contribution in [-0.4, -0.2) is 9.56 Å². The molecule has 0 unspecified atom stereocenters. The SMILES string of the molecule is CC(C)(C)c1ccc(Cn2cccc2C(N)=S)cc1. The molecule has 3 heteroatoms. The van der Waals surface area contributed by atoms with Gasteiger partial charge in [0.05, 0.1) is 5.69 Å². The van der Waals surface area contributed by atoms with E-state index in [4.69, 9.17) is 18.0 Å². The molecule has 1 aromatic heterocycles. The molecule has 2 aromatic rings. The first-order valence-corrected chi connectivity index (χ1v) is 6.83. The third kappa shape index (κ3) is 3.24. The Morgan fingerprint density at radius 1 is 1.16 bits per heavy atom. The molecular weight excluding hydrogens is 252 g/mol. The number of benzene rings is 1. The van der Waals surface area contributed by atoms with Gasteiger partial charge in [0.1, 0.15) is 4.99 Å². The van der Waals surface area contributed by atoms with Crippen molar-refractivity contribution in [3.05, 3.63) is 59.4 Å². The fourth-order valence-electron chi connectivity index (χ4n) is 2.08. The van der Waals surface area contributed by atoms with E-state index in [1.165, 1.54) is 11.1 Å². The first kappa shape index (κ1) is 13.8.